The van der Waals surface area contributed by atoms with E-state index in [-0.39, 0.29) is 43.5 Å². The summed E-state index contributed by atoms with van der Waals surface area (Å²) in [5, 5.41) is 7.00. The van der Waals surface area contributed by atoms with Crippen LogP contribution in [0.25, 0.3) is 0 Å². The van der Waals surface area contributed by atoms with Gasteiger partial charge in [-0.2, -0.15) is 8.42 Å². The summed E-state index contributed by atoms with van der Waals surface area (Å²) in [6.07, 6.45) is 0. The molecule has 0 bridgehead atoms. The summed E-state index contributed by atoms with van der Waals surface area (Å²) in [6, 6.07) is 0. The van der Waals surface area contributed by atoms with Crippen LogP contribution in [0.1, 0.15) is 15.3 Å². The van der Waals surface area contributed by atoms with Crippen LogP contribution in [-0.2, 0) is 18.8 Å². The summed E-state index contributed by atoms with van der Waals surface area (Å²) in [4.78, 5) is 0. The van der Waals surface area contributed by atoms with Gasteiger partial charge >= 0.3 is 40.0 Å². The molecule has 0 aromatic heterocycles. The van der Waals surface area contributed by atoms with Crippen molar-refractivity contribution in [1.82, 2.24) is 0 Å². The molecule has 0 heterocycles. The zero-order valence-electron chi connectivity index (χ0n) is 9.77. The summed E-state index contributed by atoms with van der Waals surface area (Å²) in [6.45, 7) is 3.87. The molecule has 0 radical (unpaired) electrons. The van der Waals surface area contributed by atoms with Crippen molar-refractivity contribution < 1.29 is 52.9 Å². The van der Waals surface area contributed by atoms with Crippen LogP contribution in [0.2, 0.25) is 0 Å². The van der Waals surface area contributed by atoms with Crippen molar-refractivity contribution in [2.45, 2.75) is 13.8 Å². The zero-order chi connectivity index (χ0) is 10.2. The van der Waals surface area contributed by atoms with E-state index < -0.39 is 10.4 Å². The second-order valence-electron chi connectivity index (χ2n) is 2.25. The third-order valence-corrected chi connectivity index (χ3v) is 1.58. The zero-order valence-corrected chi connectivity index (χ0v) is 11.6. The average molecular weight is 224 g/mol. The van der Waals surface area contributed by atoms with E-state index in [4.69, 9.17) is 5.11 Å². The molecule has 0 rings (SSSR count). The summed E-state index contributed by atoms with van der Waals surface area (Å²) < 4.78 is 29.3. The van der Waals surface area contributed by atoms with Gasteiger partial charge in [0.1, 0.15) is 0 Å². The monoisotopic (exact) mass is 224 g/mol. The maximum absolute atomic E-state index is 10.5. The van der Waals surface area contributed by atoms with Gasteiger partial charge in [0.25, 0.3) is 0 Å². The van der Waals surface area contributed by atoms with Crippen LogP contribution in [-0.4, -0.2) is 34.4 Å². The van der Waals surface area contributed by atoms with Crippen molar-refractivity contribution >= 4 is 10.4 Å². The molecule has 1 N–H and O–H groups in total. The maximum Gasteiger partial charge on any atom is 1.00 e. The van der Waals surface area contributed by atoms with Crippen LogP contribution >= 0.6 is 0 Å². The smallest absolute Gasteiger partial charge is 1.00 e. The fraction of sp³-hybridized carbons (Fsp3) is 1.00. The van der Waals surface area contributed by atoms with E-state index in [1.54, 1.807) is 0 Å². The molecule has 0 spiro atoms. The van der Waals surface area contributed by atoms with Crippen molar-refractivity contribution in [2.75, 3.05) is 20.8 Å². The van der Waals surface area contributed by atoms with Gasteiger partial charge in [-0.15, -0.1) is 0 Å². The molecule has 0 amide bonds. The van der Waals surface area contributed by atoms with Gasteiger partial charge in [0, 0.05) is 7.11 Å². The molecule has 5 nitrogen and oxygen atoms in total. The molecule has 0 atom stereocenters. The van der Waals surface area contributed by atoms with Crippen LogP contribution in [0.4, 0.5) is 0 Å². The van der Waals surface area contributed by atoms with Crippen molar-refractivity contribution in [3.8, 4) is 0 Å². The van der Waals surface area contributed by atoms with Crippen molar-refractivity contribution in [3.63, 3.8) is 0 Å². The number of aliphatic hydroxyl groups is 1. The Labute approximate surface area is 104 Å². The van der Waals surface area contributed by atoms with E-state index in [0.29, 0.717) is 0 Å². The summed E-state index contributed by atoms with van der Waals surface area (Å²) in [5.41, 5.74) is 0. The van der Waals surface area contributed by atoms with Crippen LogP contribution in [0.3, 0.4) is 0 Å². The molecule has 13 heavy (non-hydrogen) atoms. The van der Waals surface area contributed by atoms with E-state index in [1.165, 1.54) is 0 Å². The number of hydrogen-bond acceptors (Lipinski definition) is 5. The van der Waals surface area contributed by atoms with E-state index in [2.05, 4.69) is 8.37 Å². The number of aliphatic hydroxyl groups excluding tert-OH is 1. The first-order valence-corrected chi connectivity index (χ1v) is 4.71. The quantitative estimate of drug-likeness (QED) is 0.525. The molecule has 0 fully saturated rings. The van der Waals surface area contributed by atoms with Crippen molar-refractivity contribution in [3.05, 3.63) is 0 Å². The van der Waals surface area contributed by atoms with Crippen molar-refractivity contribution in [2.24, 2.45) is 5.92 Å². The van der Waals surface area contributed by atoms with Crippen LogP contribution in [0, 0.1) is 5.92 Å². The predicted octanol–water partition coefficient (Wildman–Crippen LogP) is -2.72. The topological polar surface area (TPSA) is 72.8 Å². The summed E-state index contributed by atoms with van der Waals surface area (Å²) in [5.74, 6) is 0.185. The fourth-order valence-corrected chi connectivity index (χ4v) is 0.803. The SMILES string of the molecule is CO.COS(=O)(=O)OCC(C)C.[H-].[Na+]. The van der Waals surface area contributed by atoms with Gasteiger partial charge in [-0.3, -0.25) is 4.18 Å². The first-order valence-electron chi connectivity index (χ1n) is 3.37. The van der Waals surface area contributed by atoms with E-state index in [1.807, 2.05) is 13.8 Å². The molecule has 0 saturated carbocycles. The Morgan fingerprint density at radius 1 is 1.38 bits per heavy atom. The average Bonchev–Trinajstić information content (AvgIpc) is 2.05. The molecule has 78 valence electrons. The second kappa shape index (κ2) is 10.9. The van der Waals surface area contributed by atoms with Gasteiger partial charge in [-0.25, -0.2) is 4.18 Å². The Morgan fingerprint density at radius 2 is 1.77 bits per heavy atom. The minimum atomic E-state index is -3.71. The normalized spacial score (nSPS) is 10.0. The molecule has 0 aromatic carbocycles. The molecule has 0 aliphatic rings. The molecule has 0 aliphatic heterocycles. The van der Waals surface area contributed by atoms with Gasteiger partial charge in [0.05, 0.1) is 13.7 Å². The number of rotatable bonds is 4. The van der Waals surface area contributed by atoms with Gasteiger partial charge < -0.3 is 6.53 Å². The molecule has 0 aliphatic carbocycles. The van der Waals surface area contributed by atoms with E-state index in [9.17, 15) is 8.42 Å². The van der Waals surface area contributed by atoms with E-state index in [0.717, 1.165) is 14.2 Å². The third-order valence-electron chi connectivity index (χ3n) is 0.750. The Hall–Kier alpha value is 0.830. The first kappa shape index (κ1) is 19.4. The van der Waals surface area contributed by atoms with Gasteiger partial charge in [0.2, 0.25) is 0 Å². The minimum absolute atomic E-state index is 0. The van der Waals surface area contributed by atoms with Gasteiger partial charge in [-0.05, 0) is 5.92 Å². The first-order chi connectivity index (χ1) is 5.48. The van der Waals surface area contributed by atoms with Crippen LogP contribution in [0.15, 0.2) is 0 Å². The maximum atomic E-state index is 10.5. The third kappa shape index (κ3) is 15.6. The second-order valence-corrected chi connectivity index (χ2v) is 3.64. The predicted molar refractivity (Wildman–Crippen MR) is 46.0 cm³/mol. The molecule has 0 aromatic rings. The Kier molecular flexibility index (Phi) is 16.3. The Morgan fingerprint density at radius 3 is 2.00 bits per heavy atom. The summed E-state index contributed by atoms with van der Waals surface area (Å²) >= 11 is 0. The Balaban J connectivity index is -0.000000117. The molecule has 7 heteroatoms. The summed E-state index contributed by atoms with van der Waals surface area (Å²) in [7, 11) is -1.65. The van der Waals surface area contributed by atoms with Crippen LogP contribution in [0.5, 0.6) is 0 Å². The standard InChI is InChI=1S/C5H12O4S.CH4O.Na.H/c1-5(2)4-9-10(6,7)8-3;1-2;;/h5H,4H2,1-3H3;2H,1H3;;/q;;+1;-1. The largest absolute Gasteiger partial charge is 1.00 e. The van der Waals surface area contributed by atoms with Gasteiger partial charge in [-0.1, -0.05) is 13.8 Å². The van der Waals surface area contributed by atoms with Gasteiger partial charge in [0.15, 0.2) is 0 Å². The molecule has 0 saturated heterocycles. The number of hydrogen-bond donors (Lipinski definition) is 1. The van der Waals surface area contributed by atoms with E-state index >= 15 is 0 Å². The molecule has 0 unspecified atom stereocenters. The minimum Gasteiger partial charge on any atom is -1.00 e. The molecular formula is C6H17NaO5S. The van der Waals surface area contributed by atoms with Crippen LogP contribution < -0.4 is 29.6 Å². The Bertz CT molecular complexity index is 183. The molecular weight excluding hydrogens is 207 g/mol. The van der Waals surface area contributed by atoms with Crippen molar-refractivity contribution in [1.29, 1.82) is 0 Å². The fourth-order valence-electron chi connectivity index (χ4n) is 0.268.